The number of ketones is 1. The monoisotopic (exact) mass is 312 g/mol. The van der Waals surface area contributed by atoms with E-state index >= 15 is 0 Å². The fourth-order valence-electron chi connectivity index (χ4n) is 2.27. The molecule has 0 aliphatic rings. The van der Waals surface area contributed by atoms with Gasteiger partial charge >= 0.3 is 0 Å². The highest BCUT2D eigenvalue weighted by molar-refractivity contribution is 6.30. The molecule has 0 radical (unpaired) electrons. The van der Waals surface area contributed by atoms with Crippen molar-refractivity contribution in [1.82, 2.24) is 9.55 Å². The van der Waals surface area contributed by atoms with Crippen LogP contribution in [-0.4, -0.2) is 15.3 Å². The van der Waals surface area contributed by atoms with Crippen LogP contribution in [-0.2, 0) is 6.54 Å². The molecule has 0 aliphatic heterocycles. The van der Waals surface area contributed by atoms with Crippen molar-refractivity contribution in [2.45, 2.75) is 13.0 Å². The molecule has 0 aliphatic carbocycles. The van der Waals surface area contributed by atoms with Gasteiger partial charge < -0.3 is 0 Å². The van der Waals surface area contributed by atoms with Gasteiger partial charge in [0.2, 0.25) is 0 Å². The number of para-hydroxylation sites is 1. The van der Waals surface area contributed by atoms with Crippen molar-refractivity contribution >= 4 is 28.3 Å². The summed E-state index contributed by atoms with van der Waals surface area (Å²) in [5.74, 6) is -0.0308. The van der Waals surface area contributed by atoms with Gasteiger partial charge in [-0.05, 0) is 36.4 Å². The van der Waals surface area contributed by atoms with Crippen LogP contribution in [0.1, 0.15) is 16.8 Å². The lowest BCUT2D eigenvalue weighted by atomic mass is 10.1. The Morgan fingerprint density at radius 2 is 1.82 bits per heavy atom. The average molecular weight is 313 g/mol. The molecule has 5 heteroatoms. The Hall–Kier alpha value is -2.46. The zero-order valence-electron chi connectivity index (χ0n) is 11.7. The highest BCUT2D eigenvalue weighted by Crippen LogP contribution is 2.11. The van der Waals surface area contributed by atoms with E-state index in [-0.39, 0.29) is 17.8 Å². The van der Waals surface area contributed by atoms with Gasteiger partial charge in [-0.3, -0.25) is 14.2 Å². The van der Waals surface area contributed by atoms with Crippen LogP contribution in [0.5, 0.6) is 0 Å². The molecule has 0 atom stereocenters. The molecule has 0 N–H and O–H groups in total. The number of Topliss-reactive ketones (excluding diaryl/α,β-unsaturated/α-hetero) is 1. The van der Waals surface area contributed by atoms with Gasteiger partial charge in [-0.25, -0.2) is 4.98 Å². The number of benzene rings is 2. The molecular weight excluding hydrogens is 300 g/mol. The molecule has 1 heterocycles. The van der Waals surface area contributed by atoms with Gasteiger partial charge in [0.25, 0.3) is 5.56 Å². The number of aryl methyl sites for hydroxylation is 1. The summed E-state index contributed by atoms with van der Waals surface area (Å²) in [5, 5.41) is 1.15. The normalized spacial score (nSPS) is 10.8. The van der Waals surface area contributed by atoms with Crippen molar-refractivity contribution in [1.29, 1.82) is 0 Å². The van der Waals surface area contributed by atoms with E-state index in [2.05, 4.69) is 4.98 Å². The van der Waals surface area contributed by atoms with Crippen LogP contribution in [0, 0.1) is 0 Å². The lowest BCUT2D eigenvalue weighted by Crippen LogP contribution is -2.22. The van der Waals surface area contributed by atoms with E-state index in [1.54, 1.807) is 42.5 Å². The molecule has 4 nitrogen and oxygen atoms in total. The number of nitrogens with zero attached hydrogens (tertiary/aromatic N) is 2. The van der Waals surface area contributed by atoms with Gasteiger partial charge in [-0.2, -0.15) is 0 Å². The first-order valence-corrected chi connectivity index (χ1v) is 7.26. The number of rotatable bonds is 4. The van der Waals surface area contributed by atoms with Gasteiger partial charge in [0, 0.05) is 23.6 Å². The maximum Gasteiger partial charge on any atom is 0.261 e. The van der Waals surface area contributed by atoms with Crippen LogP contribution < -0.4 is 5.56 Å². The predicted molar refractivity (Wildman–Crippen MR) is 86.4 cm³/mol. The third-order valence-electron chi connectivity index (χ3n) is 3.48. The minimum absolute atomic E-state index is 0.0308. The number of carbonyl (C=O) groups is 1. The summed E-state index contributed by atoms with van der Waals surface area (Å²) in [5.41, 5.74) is 1.12. The molecular formula is C17H13ClN2O2. The Bertz CT molecular complexity index is 885. The minimum Gasteiger partial charge on any atom is -0.298 e. The van der Waals surface area contributed by atoms with E-state index in [9.17, 15) is 9.59 Å². The number of halogens is 1. The average Bonchev–Trinajstić information content (AvgIpc) is 2.55. The van der Waals surface area contributed by atoms with Crippen LogP contribution >= 0.6 is 11.6 Å². The second-order valence-electron chi connectivity index (χ2n) is 4.94. The summed E-state index contributed by atoms with van der Waals surface area (Å²) in [7, 11) is 0. The summed E-state index contributed by atoms with van der Waals surface area (Å²) < 4.78 is 1.47. The molecule has 110 valence electrons. The molecule has 2 aromatic carbocycles. The molecule has 3 rings (SSSR count). The van der Waals surface area contributed by atoms with Crippen molar-refractivity contribution < 1.29 is 4.79 Å². The summed E-state index contributed by atoms with van der Waals surface area (Å²) in [4.78, 5) is 28.7. The molecule has 3 aromatic rings. The van der Waals surface area contributed by atoms with Gasteiger partial charge in [0.05, 0.1) is 17.2 Å². The molecule has 0 saturated carbocycles. The van der Waals surface area contributed by atoms with Crippen LogP contribution in [0.3, 0.4) is 0 Å². The smallest absolute Gasteiger partial charge is 0.261 e. The summed E-state index contributed by atoms with van der Waals surface area (Å²) in [6.45, 7) is 0.304. The highest BCUT2D eigenvalue weighted by Gasteiger charge is 2.08. The second-order valence-corrected chi connectivity index (χ2v) is 5.38. The molecule has 0 spiro atoms. The van der Waals surface area contributed by atoms with Gasteiger partial charge in [-0.15, -0.1) is 0 Å². The van der Waals surface area contributed by atoms with Crippen LogP contribution in [0.4, 0.5) is 0 Å². The van der Waals surface area contributed by atoms with E-state index < -0.39 is 0 Å². The third kappa shape index (κ3) is 2.92. The number of hydrogen-bond acceptors (Lipinski definition) is 3. The number of aromatic nitrogens is 2. The maximum absolute atomic E-state index is 12.3. The molecule has 0 saturated heterocycles. The fourth-order valence-corrected chi connectivity index (χ4v) is 2.39. The Morgan fingerprint density at radius 3 is 2.59 bits per heavy atom. The maximum atomic E-state index is 12.3. The van der Waals surface area contributed by atoms with Crippen LogP contribution in [0.25, 0.3) is 10.9 Å². The van der Waals surface area contributed by atoms with Gasteiger partial charge in [-0.1, -0.05) is 23.7 Å². The van der Waals surface area contributed by atoms with Gasteiger partial charge in [0.15, 0.2) is 5.78 Å². The Morgan fingerprint density at radius 1 is 1.09 bits per heavy atom. The van der Waals surface area contributed by atoms with E-state index in [0.717, 1.165) is 0 Å². The largest absolute Gasteiger partial charge is 0.298 e. The fraction of sp³-hybridized carbons (Fsp3) is 0.118. The molecule has 0 bridgehead atoms. The number of fused-ring (bicyclic) bond motifs is 1. The zero-order chi connectivity index (χ0) is 15.5. The van der Waals surface area contributed by atoms with Crippen molar-refractivity contribution in [3.05, 3.63) is 75.8 Å². The van der Waals surface area contributed by atoms with Crippen molar-refractivity contribution in [3.8, 4) is 0 Å². The van der Waals surface area contributed by atoms with Crippen molar-refractivity contribution in [2.75, 3.05) is 0 Å². The van der Waals surface area contributed by atoms with E-state index in [1.807, 2.05) is 6.07 Å². The van der Waals surface area contributed by atoms with Gasteiger partial charge in [0.1, 0.15) is 0 Å². The van der Waals surface area contributed by atoms with E-state index in [0.29, 0.717) is 28.0 Å². The first-order valence-electron chi connectivity index (χ1n) is 6.88. The predicted octanol–water partition coefficient (Wildman–Crippen LogP) is 3.32. The molecule has 0 fully saturated rings. The van der Waals surface area contributed by atoms with Crippen molar-refractivity contribution in [2.24, 2.45) is 0 Å². The molecule has 22 heavy (non-hydrogen) atoms. The number of hydrogen-bond donors (Lipinski definition) is 0. The minimum atomic E-state index is -0.130. The Balaban J connectivity index is 1.79. The topological polar surface area (TPSA) is 52.0 Å². The molecule has 0 amide bonds. The highest BCUT2D eigenvalue weighted by atomic mass is 35.5. The Kier molecular flexibility index (Phi) is 4.02. The van der Waals surface area contributed by atoms with Crippen LogP contribution in [0.2, 0.25) is 5.02 Å². The van der Waals surface area contributed by atoms with E-state index in [1.165, 1.54) is 10.9 Å². The Labute approximate surface area is 132 Å². The first-order chi connectivity index (χ1) is 10.6. The third-order valence-corrected chi connectivity index (χ3v) is 3.73. The summed E-state index contributed by atoms with van der Waals surface area (Å²) in [6.07, 6.45) is 1.72. The molecule has 0 unspecified atom stereocenters. The SMILES string of the molecule is O=C(CCn1cnc2ccccc2c1=O)c1ccc(Cl)cc1. The number of carbonyl (C=O) groups excluding carboxylic acids is 1. The zero-order valence-corrected chi connectivity index (χ0v) is 12.5. The first kappa shape index (κ1) is 14.5. The standard InChI is InChI=1S/C17H13ClN2O2/c18-13-7-5-12(6-8-13)16(21)9-10-20-11-19-15-4-2-1-3-14(15)17(20)22/h1-8,11H,9-10H2. The summed E-state index contributed by atoms with van der Waals surface area (Å²) >= 11 is 5.80. The van der Waals surface area contributed by atoms with E-state index in [4.69, 9.17) is 11.6 Å². The quantitative estimate of drug-likeness (QED) is 0.694. The molecule has 1 aromatic heterocycles. The lowest BCUT2D eigenvalue weighted by Gasteiger charge is -2.06. The second kappa shape index (κ2) is 6.12. The lowest BCUT2D eigenvalue weighted by molar-refractivity contribution is 0.0976. The van der Waals surface area contributed by atoms with Crippen LogP contribution in [0.15, 0.2) is 59.7 Å². The summed E-state index contributed by atoms with van der Waals surface area (Å²) in [6, 6.07) is 13.9. The van der Waals surface area contributed by atoms with Crippen molar-refractivity contribution in [3.63, 3.8) is 0 Å².